The number of hydrogen-bond acceptors (Lipinski definition) is 3. The molecular formula is C9H10F3NOS. The third kappa shape index (κ3) is 2.64. The van der Waals surface area contributed by atoms with Gasteiger partial charge in [-0.3, -0.25) is 4.72 Å². The van der Waals surface area contributed by atoms with Crippen LogP contribution in [0.3, 0.4) is 0 Å². The van der Waals surface area contributed by atoms with Crippen LogP contribution < -0.4 is 4.72 Å². The molecule has 1 rings (SSSR count). The molecule has 0 saturated carbocycles. The van der Waals surface area contributed by atoms with Gasteiger partial charge in [0.25, 0.3) is 5.92 Å². The molecule has 0 fully saturated rings. The van der Waals surface area contributed by atoms with Crippen LogP contribution in [0.2, 0.25) is 0 Å². The number of thiol groups is 1. The molecule has 0 bridgehead atoms. The summed E-state index contributed by atoms with van der Waals surface area (Å²) in [5.74, 6) is -4.57. The van der Waals surface area contributed by atoms with Gasteiger partial charge in [-0.15, -0.1) is 0 Å². The molecule has 2 N–H and O–H groups in total. The third-order valence-electron chi connectivity index (χ3n) is 1.94. The maximum absolute atomic E-state index is 13.5. The summed E-state index contributed by atoms with van der Waals surface area (Å²) in [7, 11) is 0. The molecule has 0 radical (unpaired) electrons. The summed E-state index contributed by atoms with van der Waals surface area (Å²) in [5.41, 5.74) is -0.721. The Morgan fingerprint density at radius 2 is 2.07 bits per heavy atom. The molecule has 1 aromatic rings. The highest BCUT2D eigenvalue weighted by Gasteiger charge is 2.34. The molecule has 0 aliphatic heterocycles. The number of halogens is 3. The summed E-state index contributed by atoms with van der Waals surface area (Å²) < 4.78 is 41.9. The fourth-order valence-corrected chi connectivity index (χ4v) is 1.34. The fraction of sp³-hybridized carbons (Fsp3) is 0.333. The van der Waals surface area contributed by atoms with Gasteiger partial charge < -0.3 is 5.11 Å². The highest BCUT2D eigenvalue weighted by Crippen LogP contribution is 2.30. The van der Waals surface area contributed by atoms with Gasteiger partial charge in [0, 0.05) is 12.1 Å². The SMILES string of the molecule is OCC(F)(F)c1cccc(CNS)c1F. The molecule has 0 aliphatic carbocycles. The lowest BCUT2D eigenvalue weighted by Crippen LogP contribution is -2.21. The highest BCUT2D eigenvalue weighted by atomic mass is 32.1. The van der Waals surface area contributed by atoms with Crippen molar-refractivity contribution in [3.05, 3.63) is 35.1 Å². The van der Waals surface area contributed by atoms with Gasteiger partial charge in [0.2, 0.25) is 0 Å². The Balaban J connectivity index is 3.15. The number of nitrogens with one attached hydrogen (secondary N) is 1. The van der Waals surface area contributed by atoms with Crippen molar-refractivity contribution in [3.8, 4) is 0 Å². The molecule has 0 aromatic heterocycles. The van der Waals surface area contributed by atoms with E-state index in [0.29, 0.717) is 0 Å². The summed E-state index contributed by atoms with van der Waals surface area (Å²) in [6, 6.07) is 3.63. The van der Waals surface area contributed by atoms with Gasteiger partial charge in [-0.2, -0.15) is 8.78 Å². The van der Waals surface area contributed by atoms with Crippen LogP contribution in [0, 0.1) is 5.82 Å². The normalized spacial score (nSPS) is 11.8. The molecule has 0 unspecified atom stereocenters. The van der Waals surface area contributed by atoms with Crippen LogP contribution >= 0.6 is 12.8 Å². The molecule has 0 aliphatic rings. The molecule has 0 heterocycles. The first kappa shape index (κ1) is 12.4. The van der Waals surface area contributed by atoms with Gasteiger partial charge in [0.05, 0.1) is 5.56 Å². The quantitative estimate of drug-likeness (QED) is 0.698. The van der Waals surface area contributed by atoms with E-state index in [1.807, 2.05) is 0 Å². The zero-order valence-corrected chi connectivity index (χ0v) is 8.57. The number of aliphatic hydroxyl groups excluding tert-OH is 1. The smallest absolute Gasteiger partial charge is 0.298 e. The number of alkyl halides is 2. The monoisotopic (exact) mass is 237 g/mol. The Kier molecular flexibility index (Phi) is 4.01. The predicted molar refractivity (Wildman–Crippen MR) is 53.2 cm³/mol. The van der Waals surface area contributed by atoms with E-state index >= 15 is 0 Å². The van der Waals surface area contributed by atoms with Crippen molar-refractivity contribution in [2.75, 3.05) is 6.61 Å². The van der Waals surface area contributed by atoms with Crippen LogP contribution in [-0.2, 0) is 12.5 Å². The lowest BCUT2D eigenvalue weighted by molar-refractivity contribution is -0.0583. The van der Waals surface area contributed by atoms with Crippen LogP contribution in [0.4, 0.5) is 13.2 Å². The molecular weight excluding hydrogens is 227 g/mol. The maximum Gasteiger partial charge on any atom is 0.298 e. The zero-order valence-electron chi connectivity index (χ0n) is 7.67. The lowest BCUT2D eigenvalue weighted by atomic mass is 10.0. The molecule has 0 atom stereocenters. The van der Waals surface area contributed by atoms with Crippen molar-refractivity contribution in [1.29, 1.82) is 0 Å². The first-order valence-corrected chi connectivity index (χ1v) is 4.61. The number of rotatable bonds is 4. The summed E-state index contributed by atoms with van der Waals surface area (Å²) in [4.78, 5) is 0. The van der Waals surface area contributed by atoms with Gasteiger partial charge in [-0.25, -0.2) is 4.39 Å². The van der Waals surface area contributed by atoms with Crippen LogP contribution in [0.1, 0.15) is 11.1 Å². The van der Waals surface area contributed by atoms with Crippen molar-refractivity contribution in [1.82, 2.24) is 4.72 Å². The minimum Gasteiger partial charge on any atom is -0.390 e. The van der Waals surface area contributed by atoms with Crippen molar-refractivity contribution in [2.45, 2.75) is 12.5 Å². The average molecular weight is 237 g/mol. The van der Waals surface area contributed by atoms with Gasteiger partial charge in [-0.05, 0) is 6.07 Å². The Morgan fingerprint density at radius 1 is 1.40 bits per heavy atom. The molecule has 0 spiro atoms. The summed E-state index contributed by atoms with van der Waals surface area (Å²) in [6.45, 7) is -1.38. The second-order valence-electron chi connectivity index (χ2n) is 2.98. The van der Waals surface area contributed by atoms with Crippen LogP contribution in [0.15, 0.2) is 18.2 Å². The maximum atomic E-state index is 13.5. The molecule has 0 amide bonds. The minimum absolute atomic E-state index is 0.0320. The second kappa shape index (κ2) is 4.87. The first-order chi connectivity index (χ1) is 7.03. The van der Waals surface area contributed by atoms with Gasteiger partial charge in [0.15, 0.2) is 0 Å². The predicted octanol–water partition coefficient (Wildman–Crippen LogP) is 1.84. The Labute approximate surface area is 90.7 Å². The van der Waals surface area contributed by atoms with Crippen molar-refractivity contribution < 1.29 is 18.3 Å². The molecule has 1 aromatic carbocycles. The van der Waals surface area contributed by atoms with Crippen LogP contribution in [0.25, 0.3) is 0 Å². The van der Waals surface area contributed by atoms with E-state index < -0.39 is 23.9 Å². The Morgan fingerprint density at radius 3 is 2.60 bits per heavy atom. The van der Waals surface area contributed by atoms with Gasteiger partial charge >= 0.3 is 0 Å². The largest absolute Gasteiger partial charge is 0.390 e. The van der Waals surface area contributed by atoms with E-state index in [0.717, 1.165) is 6.07 Å². The summed E-state index contributed by atoms with van der Waals surface area (Å²) in [5, 5.41) is 8.45. The van der Waals surface area contributed by atoms with Crippen molar-refractivity contribution in [3.63, 3.8) is 0 Å². The molecule has 84 valence electrons. The topological polar surface area (TPSA) is 32.3 Å². The Bertz CT molecular complexity index is 346. The average Bonchev–Trinajstić information content (AvgIpc) is 2.21. The fourth-order valence-electron chi connectivity index (χ4n) is 1.17. The first-order valence-electron chi connectivity index (χ1n) is 4.16. The lowest BCUT2D eigenvalue weighted by Gasteiger charge is -2.15. The zero-order chi connectivity index (χ0) is 11.5. The number of benzene rings is 1. The van der Waals surface area contributed by atoms with E-state index in [4.69, 9.17) is 5.11 Å². The number of hydrogen-bond donors (Lipinski definition) is 3. The minimum atomic E-state index is -3.56. The second-order valence-corrected chi connectivity index (χ2v) is 3.29. The van der Waals surface area contributed by atoms with Crippen molar-refractivity contribution in [2.24, 2.45) is 0 Å². The highest BCUT2D eigenvalue weighted by molar-refractivity contribution is 7.78. The molecule has 15 heavy (non-hydrogen) atoms. The molecule has 2 nitrogen and oxygen atoms in total. The summed E-state index contributed by atoms with van der Waals surface area (Å²) in [6.07, 6.45) is 0. The van der Waals surface area contributed by atoms with E-state index in [2.05, 4.69) is 17.5 Å². The van der Waals surface area contributed by atoms with E-state index in [9.17, 15) is 13.2 Å². The van der Waals surface area contributed by atoms with Gasteiger partial charge in [-0.1, -0.05) is 24.9 Å². The standard InChI is InChI=1S/C9H10F3NOS/c10-8-6(4-13-15)2-1-3-7(8)9(11,12)5-14/h1-3,13-15H,4-5H2. The molecule has 0 saturated heterocycles. The van der Waals surface area contributed by atoms with E-state index in [-0.39, 0.29) is 12.1 Å². The van der Waals surface area contributed by atoms with Crippen LogP contribution in [0.5, 0.6) is 0 Å². The van der Waals surface area contributed by atoms with E-state index in [1.165, 1.54) is 12.1 Å². The number of aliphatic hydroxyl groups is 1. The van der Waals surface area contributed by atoms with Gasteiger partial charge in [0.1, 0.15) is 12.4 Å². The van der Waals surface area contributed by atoms with Crippen molar-refractivity contribution >= 4 is 12.8 Å². The Hall–Kier alpha value is -0.720. The molecule has 6 heteroatoms. The van der Waals surface area contributed by atoms with E-state index in [1.54, 1.807) is 0 Å². The van der Waals surface area contributed by atoms with Crippen LogP contribution in [-0.4, -0.2) is 11.7 Å². The summed E-state index contributed by atoms with van der Waals surface area (Å²) >= 11 is 3.66. The third-order valence-corrected chi connectivity index (χ3v) is 2.10.